The molecule has 0 fully saturated rings. The normalized spacial score (nSPS) is 14.0. The predicted molar refractivity (Wildman–Crippen MR) is 145 cm³/mol. The molecule has 0 radical (unpaired) electrons. The third-order valence-corrected chi connectivity index (χ3v) is 6.07. The molecule has 0 atom stereocenters. The van der Waals surface area contributed by atoms with Crippen molar-refractivity contribution in [3.63, 3.8) is 0 Å². The second-order valence-electron chi connectivity index (χ2n) is 7.73. The molecule has 0 aromatic heterocycles. The minimum absolute atomic E-state index is 0.173. The Morgan fingerprint density at radius 1 is 1.03 bits per heavy atom. The number of non-ortho nitro benzene ring substituents is 1. The van der Waals surface area contributed by atoms with E-state index >= 15 is 0 Å². The molecule has 11 nitrogen and oxygen atoms in total. The molecule has 4 rings (SSSR count). The lowest BCUT2D eigenvalue weighted by Crippen LogP contribution is -2.21. The van der Waals surface area contributed by atoms with Crippen molar-refractivity contribution in [1.82, 2.24) is 0 Å². The minimum Gasteiger partial charge on any atom is -0.490 e. The van der Waals surface area contributed by atoms with Gasteiger partial charge < -0.3 is 9.47 Å². The summed E-state index contributed by atoms with van der Waals surface area (Å²) < 4.78 is 12.1. The summed E-state index contributed by atoms with van der Waals surface area (Å²) in [6.07, 6.45) is 1.69. The van der Waals surface area contributed by atoms with Gasteiger partial charge in [0, 0.05) is 6.07 Å². The number of benzene rings is 3. The molecule has 1 heterocycles. The van der Waals surface area contributed by atoms with Gasteiger partial charge in [-0.2, -0.15) is 10.1 Å². The van der Waals surface area contributed by atoms with Gasteiger partial charge in [-0.15, -0.1) is 0 Å². The average molecular weight is 614 g/mol. The first-order valence-electron chi connectivity index (χ1n) is 10.9. The predicted octanol–water partition coefficient (Wildman–Crippen LogP) is 6.10. The van der Waals surface area contributed by atoms with Crippen molar-refractivity contribution >= 4 is 57.3 Å². The molecule has 3 aromatic carbocycles. The van der Waals surface area contributed by atoms with Gasteiger partial charge in [-0.05, 0) is 78.4 Å². The highest BCUT2D eigenvalue weighted by Crippen LogP contribution is 2.42. The molecule has 0 saturated carbocycles. The topological polar surface area (TPSA) is 137 Å². The van der Waals surface area contributed by atoms with Crippen LogP contribution in [-0.2, 0) is 4.79 Å². The molecule has 0 aliphatic carbocycles. The highest BCUT2D eigenvalue weighted by molar-refractivity contribution is 14.1. The Morgan fingerprint density at radius 2 is 1.76 bits per heavy atom. The lowest BCUT2D eigenvalue weighted by atomic mass is 10.1. The number of rotatable bonds is 8. The fraction of sp³-hybridized carbons (Fsp3) is 0.120. The number of anilines is 1. The Labute approximate surface area is 224 Å². The first kappa shape index (κ1) is 25.8. The molecule has 0 bridgehead atoms. The van der Waals surface area contributed by atoms with Crippen molar-refractivity contribution in [2.24, 2.45) is 5.10 Å². The molecule has 1 aliphatic heterocycles. The number of carbonyl (C=O) groups is 1. The Balaban J connectivity index is 1.71. The number of nitro benzene ring substituents is 2. The summed E-state index contributed by atoms with van der Waals surface area (Å²) in [5, 5.41) is 28.3. The van der Waals surface area contributed by atoms with E-state index in [2.05, 4.69) is 5.10 Å². The number of amides is 1. The van der Waals surface area contributed by atoms with Gasteiger partial charge in [-0.25, -0.2) is 0 Å². The zero-order chi connectivity index (χ0) is 26.7. The van der Waals surface area contributed by atoms with Gasteiger partial charge in [-0.1, -0.05) is 18.2 Å². The van der Waals surface area contributed by atoms with E-state index in [9.17, 15) is 25.0 Å². The summed E-state index contributed by atoms with van der Waals surface area (Å²) in [6, 6.07) is 15.6. The Morgan fingerprint density at radius 3 is 2.41 bits per heavy atom. The first-order chi connectivity index (χ1) is 17.7. The number of hydrogen-bond donors (Lipinski definition) is 0. The molecule has 0 spiro atoms. The second-order valence-corrected chi connectivity index (χ2v) is 8.89. The largest absolute Gasteiger partial charge is 0.490 e. The maximum atomic E-state index is 13.1. The van der Waals surface area contributed by atoms with Gasteiger partial charge in [0.05, 0.1) is 43.1 Å². The van der Waals surface area contributed by atoms with Gasteiger partial charge >= 0.3 is 5.69 Å². The zero-order valence-corrected chi connectivity index (χ0v) is 21.7. The van der Waals surface area contributed by atoms with Crippen LogP contribution in [0.25, 0.3) is 6.08 Å². The summed E-state index contributed by atoms with van der Waals surface area (Å²) in [5.74, 6) is 0.0379. The molecule has 1 aliphatic rings. The zero-order valence-electron chi connectivity index (χ0n) is 19.6. The maximum absolute atomic E-state index is 13.1. The fourth-order valence-electron chi connectivity index (χ4n) is 3.59. The van der Waals surface area contributed by atoms with E-state index in [1.807, 2.05) is 40.8 Å². The lowest BCUT2D eigenvalue weighted by molar-refractivity contribution is -0.394. The quantitative estimate of drug-likeness (QED) is 0.129. The third kappa shape index (κ3) is 5.43. The van der Waals surface area contributed by atoms with Crippen LogP contribution in [0.1, 0.15) is 19.4 Å². The minimum atomic E-state index is -0.749. The molecular formula is C25H19IN4O7. The van der Waals surface area contributed by atoms with Crippen LogP contribution in [0.15, 0.2) is 71.3 Å². The SMILES string of the molecule is CCOc1cc(/C=C2/C(=O)N(c3ccccc3)N=C2C)cc(I)c1Oc1ccc([N+](=O)[O-])cc1[N+](=O)[O-]. The van der Waals surface area contributed by atoms with Crippen LogP contribution < -0.4 is 14.5 Å². The van der Waals surface area contributed by atoms with Gasteiger partial charge in [0.15, 0.2) is 11.5 Å². The molecule has 37 heavy (non-hydrogen) atoms. The number of carbonyl (C=O) groups excluding carboxylic acids is 1. The van der Waals surface area contributed by atoms with Crippen molar-refractivity contribution in [3.05, 3.63) is 95.6 Å². The molecule has 0 N–H and O–H groups in total. The van der Waals surface area contributed by atoms with E-state index in [1.54, 1.807) is 44.2 Å². The number of hydrazone groups is 1. The summed E-state index contributed by atoms with van der Waals surface area (Å²) >= 11 is 2.00. The van der Waals surface area contributed by atoms with Crippen LogP contribution in [0.5, 0.6) is 17.2 Å². The Bertz CT molecular complexity index is 1470. The average Bonchev–Trinajstić information content (AvgIpc) is 3.15. The summed E-state index contributed by atoms with van der Waals surface area (Å²) in [7, 11) is 0. The Kier molecular flexibility index (Phi) is 7.47. The van der Waals surface area contributed by atoms with Crippen molar-refractivity contribution in [1.29, 1.82) is 0 Å². The molecule has 0 saturated heterocycles. The maximum Gasteiger partial charge on any atom is 0.318 e. The van der Waals surface area contributed by atoms with E-state index < -0.39 is 21.2 Å². The van der Waals surface area contributed by atoms with Crippen molar-refractivity contribution in [2.45, 2.75) is 13.8 Å². The summed E-state index contributed by atoms with van der Waals surface area (Å²) in [6.45, 7) is 3.79. The van der Waals surface area contributed by atoms with Crippen LogP contribution >= 0.6 is 22.6 Å². The van der Waals surface area contributed by atoms with Crippen molar-refractivity contribution in [2.75, 3.05) is 11.6 Å². The number of hydrogen-bond acceptors (Lipinski definition) is 8. The molecular weight excluding hydrogens is 595 g/mol. The molecule has 12 heteroatoms. The monoisotopic (exact) mass is 614 g/mol. The van der Waals surface area contributed by atoms with E-state index in [-0.39, 0.29) is 29.8 Å². The lowest BCUT2D eigenvalue weighted by Gasteiger charge is -2.15. The highest BCUT2D eigenvalue weighted by atomic mass is 127. The molecule has 0 unspecified atom stereocenters. The molecule has 188 valence electrons. The summed E-state index contributed by atoms with van der Waals surface area (Å²) in [4.78, 5) is 34.2. The number of nitro groups is 2. The van der Waals surface area contributed by atoms with Crippen LogP contribution in [0.4, 0.5) is 17.1 Å². The van der Waals surface area contributed by atoms with Crippen molar-refractivity contribution < 1.29 is 24.1 Å². The summed E-state index contributed by atoms with van der Waals surface area (Å²) in [5.41, 5.74) is 1.25. The fourth-order valence-corrected chi connectivity index (χ4v) is 4.32. The smallest absolute Gasteiger partial charge is 0.318 e. The van der Waals surface area contributed by atoms with Crippen molar-refractivity contribution in [3.8, 4) is 17.2 Å². The number of para-hydroxylation sites is 1. The van der Waals surface area contributed by atoms with Gasteiger partial charge in [0.1, 0.15) is 0 Å². The van der Waals surface area contributed by atoms with Gasteiger partial charge in [0.25, 0.3) is 11.6 Å². The second kappa shape index (κ2) is 10.7. The van der Waals surface area contributed by atoms with E-state index in [1.165, 1.54) is 11.1 Å². The van der Waals surface area contributed by atoms with Gasteiger partial charge in [-0.3, -0.25) is 25.0 Å². The third-order valence-electron chi connectivity index (χ3n) is 5.27. The van der Waals surface area contributed by atoms with E-state index in [0.717, 1.165) is 12.1 Å². The molecule has 1 amide bonds. The number of halogens is 1. The number of nitrogens with zero attached hydrogens (tertiary/aromatic N) is 4. The highest BCUT2D eigenvalue weighted by Gasteiger charge is 2.29. The van der Waals surface area contributed by atoms with Crippen LogP contribution in [0, 0.1) is 23.8 Å². The Hall–Kier alpha value is -4.33. The van der Waals surface area contributed by atoms with E-state index in [4.69, 9.17) is 9.47 Å². The first-order valence-corrected chi connectivity index (χ1v) is 12.0. The number of ether oxygens (including phenoxy) is 2. The van der Waals surface area contributed by atoms with Gasteiger partial charge in [0.2, 0.25) is 5.75 Å². The van der Waals surface area contributed by atoms with Crippen LogP contribution in [0.3, 0.4) is 0 Å². The van der Waals surface area contributed by atoms with Crippen LogP contribution in [-0.4, -0.2) is 28.1 Å². The standard InChI is InChI=1S/C25H19IN4O7/c1-3-36-23-13-16(11-19-15(2)27-28(25(19)31)17-7-5-4-6-8-17)12-20(26)24(23)37-22-10-9-18(29(32)33)14-21(22)30(34)35/h4-14H,3H2,1-2H3/b19-11+. The van der Waals surface area contributed by atoms with E-state index in [0.29, 0.717) is 26.1 Å². The van der Waals surface area contributed by atoms with Crippen LogP contribution in [0.2, 0.25) is 0 Å². The molecule has 3 aromatic rings.